The number of carbonyl (C=O) groups is 1. The molecule has 0 aromatic rings. The molecule has 0 rings (SSSR count). The number of aliphatic carboxylic acids is 1. The highest BCUT2D eigenvalue weighted by Gasteiger charge is 2.26. The molecule has 0 aromatic carbocycles. The number of aliphatic hydroxyl groups is 3. The van der Waals surface area contributed by atoms with Gasteiger partial charge in [0.15, 0.2) is 5.60 Å². The van der Waals surface area contributed by atoms with E-state index in [0.717, 1.165) is 0 Å². The summed E-state index contributed by atoms with van der Waals surface area (Å²) < 4.78 is 0. The Bertz CT molecular complexity index is 180. The second-order valence-corrected chi connectivity index (χ2v) is 4.41. The molecule has 0 aliphatic carbocycles. The van der Waals surface area contributed by atoms with Gasteiger partial charge in [-0.2, -0.15) is 0 Å². The van der Waals surface area contributed by atoms with Crippen molar-refractivity contribution in [3.05, 3.63) is 0 Å². The van der Waals surface area contributed by atoms with Crippen LogP contribution in [0.4, 0.5) is 0 Å². The lowest BCUT2D eigenvalue weighted by Gasteiger charge is -2.16. The van der Waals surface area contributed by atoms with E-state index < -0.39 is 11.6 Å². The first-order valence-corrected chi connectivity index (χ1v) is 4.80. The van der Waals surface area contributed by atoms with Crippen LogP contribution in [0.1, 0.15) is 34.1 Å². The molecule has 0 saturated heterocycles. The van der Waals surface area contributed by atoms with Gasteiger partial charge in [-0.05, 0) is 13.3 Å². The molecule has 0 spiro atoms. The molecular formula is C10H22O5. The molecule has 4 N–H and O–H groups in total. The van der Waals surface area contributed by atoms with Gasteiger partial charge >= 0.3 is 5.97 Å². The smallest absolute Gasteiger partial charge is 0.335 e. The highest BCUT2D eigenvalue weighted by molar-refractivity contribution is 5.76. The minimum atomic E-state index is -1.54. The lowest BCUT2D eigenvalue weighted by Crippen LogP contribution is -2.33. The topological polar surface area (TPSA) is 98.0 Å². The molecular weight excluding hydrogens is 200 g/mol. The van der Waals surface area contributed by atoms with Crippen molar-refractivity contribution >= 4 is 5.97 Å². The first kappa shape index (κ1) is 16.8. The molecule has 5 heteroatoms. The Morgan fingerprint density at radius 3 is 1.47 bits per heavy atom. The summed E-state index contributed by atoms with van der Waals surface area (Å²) in [6.07, 6.45) is 0.238. The van der Waals surface area contributed by atoms with E-state index in [-0.39, 0.29) is 25.0 Å². The summed E-state index contributed by atoms with van der Waals surface area (Å²) >= 11 is 0. The van der Waals surface area contributed by atoms with Crippen LogP contribution in [0, 0.1) is 5.41 Å². The van der Waals surface area contributed by atoms with E-state index in [1.165, 1.54) is 6.92 Å². The van der Waals surface area contributed by atoms with E-state index >= 15 is 0 Å². The summed E-state index contributed by atoms with van der Waals surface area (Å²) in [5.41, 5.74) is -1.85. The average Bonchev–Trinajstić information content (AvgIpc) is 2.18. The summed E-state index contributed by atoms with van der Waals surface area (Å²) in [5.74, 6) is -1.17. The fraction of sp³-hybridized carbons (Fsp3) is 0.900. The Balaban J connectivity index is 0. The van der Waals surface area contributed by atoms with Crippen LogP contribution in [0.25, 0.3) is 0 Å². The van der Waals surface area contributed by atoms with Crippen LogP contribution in [-0.4, -0.2) is 45.2 Å². The number of carboxylic acids is 1. The molecule has 0 fully saturated rings. The van der Waals surface area contributed by atoms with Gasteiger partial charge in [0.05, 0.1) is 13.2 Å². The van der Waals surface area contributed by atoms with Gasteiger partial charge in [0.25, 0.3) is 0 Å². The maximum Gasteiger partial charge on any atom is 0.335 e. The predicted molar refractivity (Wildman–Crippen MR) is 56.5 cm³/mol. The first-order valence-electron chi connectivity index (χ1n) is 4.80. The summed E-state index contributed by atoms with van der Waals surface area (Å²) in [7, 11) is 0. The monoisotopic (exact) mass is 222 g/mol. The number of hydrogen-bond acceptors (Lipinski definition) is 4. The molecule has 0 bridgehead atoms. The van der Waals surface area contributed by atoms with Gasteiger partial charge in [-0.25, -0.2) is 4.79 Å². The van der Waals surface area contributed by atoms with Gasteiger partial charge in [-0.1, -0.05) is 20.8 Å². The van der Waals surface area contributed by atoms with Gasteiger partial charge in [0, 0.05) is 5.41 Å². The third kappa shape index (κ3) is 8.35. The minimum absolute atomic E-state index is 0.0451. The molecule has 0 amide bonds. The van der Waals surface area contributed by atoms with Crippen molar-refractivity contribution in [2.45, 2.75) is 39.7 Å². The van der Waals surface area contributed by atoms with Crippen LogP contribution in [0.5, 0.6) is 0 Å². The first-order chi connectivity index (χ1) is 6.63. The molecule has 0 aliphatic heterocycles. The van der Waals surface area contributed by atoms with E-state index in [0.29, 0.717) is 0 Å². The summed E-state index contributed by atoms with van der Waals surface area (Å²) in [5, 5.41) is 33.9. The average molecular weight is 222 g/mol. The summed E-state index contributed by atoms with van der Waals surface area (Å²) in [4.78, 5) is 10.0. The van der Waals surface area contributed by atoms with Crippen LogP contribution in [0.15, 0.2) is 0 Å². The van der Waals surface area contributed by atoms with Crippen molar-refractivity contribution < 1.29 is 25.2 Å². The molecule has 92 valence electrons. The van der Waals surface area contributed by atoms with E-state index in [1.54, 1.807) is 20.8 Å². The number of carboxylic acid groups (broad SMARTS) is 1. The largest absolute Gasteiger partial charge is 0.479 e. The Kier molecular flexibility index (Phi) is 7.56. The van der Waals surface area contributed by atoms with Crippen LogP contribution >= 0.6 is 0 Å². The Morgan fingerprint density at radius 1 is 1.13 bits per heavy atom. The van der Waals surface area contributed by atoms with Crippen molar-refractivity contribution in [3.8, 4) is 0 Å². The molecule has 0 aliphatic rings. The Labute approximate surface area is 90.4 Å². The van der Waals surface area contributed by atoms with Crippen molar-refractivity contribution in [2.75, 3.05) is 13.2 Å². The van der Waals surface area contributed by atoms with Gasteiger partial charge in [-0.3, -0.25) is 0 Å². The van der Waals surface area contributed by atoms with Gasteiger partial charge in [0.1, 0.15) is 0 Å². The van der Waals surface area contributed by atoms with Crippen molar-refractivity contribution in [3.63, 3.8) is 0 Å². The second kappa shape index (κ2) is 6.76. The second-order valence-electron chi connectivity index (χ2n) is 4.41. The molecule has 0 radical (unpaired) electrons. The Morgan fingerprint density at radius 2 is 1.47 bits per heavy atom. The standard InChI is InChI=1S/C5H10O3.C5H12O2/c1-3-5(2,8)4(6)7;1-5(2,3-6)4-7/h8H,3H2,1-2H3,(H,6,7);6-7H,3-4H2,1-2H3. The molecule has 1 atom stereocenters. The fourth-order valence-corrected chi connectivity index (χ4v) is 0.201. The SMILES string of the molecule is CC(C)(CO)CO.CCC(C)(O)C(=O)O. The zero-order chi connectivity index (χ0) is 12.7. The van der Waals surface area contributed by atoms with Crippen LogP contribution < -0.4 is 0 Å². The minimum Gasteiger partial charge on any atom is -0.479 e. The van der Waals surface area contributed by atoms with Crippen LogP contribution in [0.2, 0.25) is 0 Å². The van der Waals surface area contributed by atoms with E-state index in [1.807, 2.05) is 0 Å². The van der Waals surface area contributed by atoms with Crippen molar-refractivity contribution in [2.24, 2.45) is 5.41 Å². The number of rotatable bonds is 4. The highest BCUT2D eigenvalue weighted by atomic mass is 16.4. The van der Waals surface area contributed by atoms with E-state index in [9.17, 15) is 4.79 Å². The third-order valence-corrected chi connectivity index (χ3v) is 2.01. The Hall–Kier alpha value is -0.650. The predicted octanol–water partition coefficient (Wildman–Crippen LogP) is 0.229. The maximum absolute atomic E-state index is 10.0. The summed E-state index contributed by atoms with van der Waals surface area (Å²) in [6.45, 7) is 6.58. The highest BCUT2D eigenvalue weighted by Crippen LogP contribution is 2.10. The van der Waals surface area contributed by atoms with E-state index in [4.69, 9.17) is 20.4 Å². The quantitative estimate of drug-likeness (QED) is 0.546. The lowest BCUT2D eigenvalue weighted by molar-refractivity contribution is -0.156. The molecule has 0 saturated carbocycles. The van der Waals surface area contributed by atoms with Crippen molar-refractivity contribution in [1.29, 1.82) is 0 Å². The van der Waals surface area contributed by atoms with Crippen LogP contribution in [-0.2, 0) is 4.79 Å². The normalized spacial score (nSPS) is 14.9. The molecule has 5 nitrogen and oxygen atoms in total. The fourth-order valence-electron chi connectivity index (χ4n) is 0.201. The lowest BCUT2D eigenvalue weighted by atomic mass is 9.97. The van der Waals surface area contributed by atoms with Gasteiger partial charge in [0.2, 0.25) is 0 Å². The molecule has 15 heavy (non-hydrogen) atoms. The van der Waals surface area contributed by atoms with Crippen LogP contribution in [0.3, 0.4) is 0 Å². The molecule has 0 heterocycles. The van der Waals surface area contributed by atoms with Gasteiger partial charge < -0.3 is 20.4 Å². The number of hydrogen-bond donors (Lipinski definition) is 4. The maximum atomic E-state index is 10.0. The molecule has 1 unspecified atom stereocenters. The zero-order valence-electron chi connectivity index (χ0n) is 9.82. The zero-order valence-corrected chi connectivity index (χ0v) is 9.82. The van der Waals surface area contributed by atoms with Gasteiger partial charge in [-0.15, -0.1) is 0 Å². The third-order valence-electron chi connectivity index (χ3n) is 2.01. The molecule has 0 aromatic heterocycles. The summed E-state index contributed by atoms with van der Waals surface area (Å²) in [6, 6.07) is 0. The van der Waals surface area contributed by atoms with Crippen molar-refractivity contribution in [1.82, 2.24) is 0 Å². The van der Waals surface area contributed by atoms with E-state index in [2.05, 4.69) is 0 Å². The number of aliphatic hydroxyl groups excluding tert-OH is 2.